The maximum Gasteiger partial charge on any atom is 0.411 e. The molecule has 0 bridgehead atoms. The second kappa shape index (κ2) is 24.1. The van der Waals surface area contributed by atoms with Gasteiger partial charge in [0.1, 0.15) is 11.5 Å². The van der Waals surface area contributed by atoms with Crippen molar-refractivity contribution in [2.45, 2.75) is 69.1 Å². The summed E-state index contributed by atoms with van der Waals surface area (Å²) in [6.07, 6.45) is -5.81. The van der Waals surface area contributed by atoms with Crippen LogP contribution in [0.25, 0.3) is 0 Å². The Bertz CT molecular complexity index is 2150. The number of alkyl halides is 6. The van der Waals surface area contributed by atoms with E-state index in [4.69, 9.17) is 18.9 Å². The minimum Gasteiger partial charge on any atom is -0.494 e. The number of carbonyl (C=O) groups excluding carboxylic acids is 4. The van der Waals surface area contributed by atoms with Gasteiger partial charge in [-0.2, -0.15) is 26.3 Å². The van der Waals surface area contributed by atoms with Gasteiger partial charge in [0.15, 0.2) is 23.3 Å². The fourth-order valence-electron chi connectivity index (χ4n) is 6.37. The summed E-state index contributed by atoms with van der Waals surface area (Å²) in [7, 11) is 0. The second-order valence-electron chi connectivity index (χ2n) is 14.4. The summed E-state index contributed by atoms with van der Waals surface area (Å²) < 4.78 is 181. The first-order valence-electron chi connectivity index (χ1n) is 20.3. The Kier molecular flexibility index (Phi) is 19.0. The fourth-order valence-corrected chi connectivity index (χ4v) is 6.37. The van der Waals surface area contributed by atoms with Gasteiger partial charge in [-0.15, -0.1) is 0 Å². The lowest BCUT2D eigenvalue weighted by atomic mass is 9.72. The van der Waals surface area contributed by atoms with Crippen molar-refractivity contribution >= 4 is 23.9 Å². The predicted octanol–water partition coefficient (Wildman–Crippen LogP) is 11.4. The van der Waals surface area contributed by atoms with Gasteiger partial charge in [0.05, 0.1) is 37.6 Å². The molecule has 360 valence electrons. The predicted molar refractivity (Wildman–Crippen MR) is 219 cm³/mol. The molecular weight excluding hydrogens is 914 g/mol. The topological polar surface area (TPSA) is 124 Å². The molecule has 0 atom stereocenters. The minimum atomic E-state index is -6.60. The maximum atomic E-state index is 15.4. The van der Waals surface area contributed by atoms with E-state index in [1.165, 1.54) is 24.3 Å². The van der Waals surface area contributed by atoms with Crippen molar-refractivity contribution in [2.24, 2.45) is 0 Å². The van der Waals surface area contributed by atoms with Crippen LogP contribution in [0, 0.1) is 23.3 Å². The van der Waals surface area contributed by atoms with E-state index in [1.54, 1.807) is 0 Å². The van der Waals surface area contributed by atoms with Gasteiger partial charge < -0.3 is 28.4 Å². The number of unbranched alkanes of at least 4 members (excludes halogenated alkanes) is 6. The molecule has 0 amide bonds. The summed E-state index contributed by atoms with van der Waals surface area (Å²) in [6.45, 7) is 7.50. The molecule has 20 heteroatoms. The first kappa shape index (κ1) is 52.8. The average molecular weight is 957 g/mol. The number of esters is 4. The van der Waals surface area contributed by atoms with Gasteiger partial charge in [-0.05, 0) is 135 Å². The lowest BCUT2D eigenvalue weighted by molar-refractivity contribution is -0.288. The van der Waals surface area contributed by atoms with Crippen LogP contribution in [0.5, 0.6) is 23.0 Å². The molecule has 0 N–H and O–H groups in total. The molecule has 0 aliphatic heterocycles. The Hall–Kier alpha value is -6.86. The van der Waals surface area contributed by atoms with Crippen LogP contribution in [-0.2, 0) is 24.5 Å². The Labute approximate surface area is 377 Å². The van der Waals surface area contributed by atoms with Gasteiger partial charge >= 0.3 is 36.2 Å². The summed E-state index contributed by atoms with van der Waals surface area (Å²) in [5.74, 6) is -15.8. The van der Waals surface area contributed by atoms with E-state index in [0.717, 1.165) is 62.1 Å². The number of carbonyl (C=O) groups is 4. The third-order valence-electron chi connectivity index (χ3n) is 9.72. The van der Waals surface area contributed by atoms with Crippen LogP contribution in [0.1, 0.15) is 83.2 Å². The first-order valence-corrected chi connectivity index (χ1v) is 20.3. The lowest BCUT2D eigenvalue weighted by Crippen LogP contribution is -2.55. The third kappa shape index (κ3) is 14.1. The van der Waals surface area contributed by atoms with Crippen molar-refractivity contribution in [1.29, 1.82) is 0 Å². The van der Waals surface area contributed by atoms with E-state index < -0.39 is 112 Å². The summed E-state index contributed by atoms with van der Waals surface area (Å²) >= 11 is 0. The number of benzene rings is 4. The van der Waals surface area contributed by atoms with E-state index in [-0.39, 0.29) is 49.1 Å². The normalized spacial score (nSPS) is 11.6. The second-order valence-corrected chi connectivity index (χ2v) is 14.4. The number of hydrogen-bond acceptors (Lipinski definition) is 10. The quantitative estimate of drug-likeness (QED) is 0.0220. The highest BCUT2D eigenvalue weighted by molar-refractivity contribution is 5.92. The Morgan fingerprint density at radius 2 is 0.761 bits per heavy atom. The molecule has 4 aromatic carbocycles. The highest BCUT2D eigenvalue weighted by Crippen LogP contribution is 2.57. The van der Waals surface area contributed by atoms with Crippen molar-refractivity contribution in [1.82, 2.24) is 0 Å². The molecule has 0 fully saturated rings. The van der Waals surface area contributed by atoms with Crippen LogP contribution in [0.4, 0.5) is 43.9 Å². The summed E-state index contributed by atoms with van der Waals surface area (Å²) in [5.41, 5.74) is -10.7. The number of hydrogen-bond donors (Lipinski definition) is 0. The van der Waals surface area contributed by atoms with Gasteiger partial charge in [-0.25, -0.2) is 36.7 Å². The fraction of sp³-hybridized carbons (Fsp3) is 0.319. The molecule has 4 rings (SSSR count). The third-order valence-corrected chi connectivity index (χ3v) is 9.72. The summed E-state index contributed by atoms with van der Waals surface area (Å²) in [5, 5.41) is 0. The van der Waals surface area contributed by atoms with E-state index in [2.05, 4.69) is 22.6 Å². The SMILES string of the molecule is C=CC(=O)OCCCCCCOc1ccc(C(=O)Oc2c(F)cc(C(c3cc(F)c(OC(=O)c4ccc(OCCCCCCOC(=O)C=C)cc4)c(F)c3)(C(F)(F)F)C(F)(F)F)cc2F)cc1. The van der Waals surface area contributed by atoms with E-state index in [1.807, 2.05) is 0 Å². The largest absolute Gasteiger partial charge is 0.494 e. The zero-order valence-electron chi connectivity index (χ0n) is 35.3. The standard InChI is InChI=1S/C47H42F10O10/c1-3-39(58)64-23-11-7-5-9-21-62-33-17-13-29(14-18-33)43(60)66-41-35(48)25-31(26-36(41)49)45(46(52,53)54,47(55,56)57)32-27-37(50)42(38(51)28-32)67-44(61)30-15-19-34(20-16-30)63-22-10-6-8-12-24-65-40(59)4-2/h3-4,13-20,25-28H,1-2,5-12,21-24H2. The smallest absolute Gasteiger partial charge is 0.411 e. The number of rotatable bonds is 24. The Balaban J connectivity index is 1.45. The van der Waals surface area contributed by atoms with Crippen molar-refractivity contribution in [2.75, 3.05) is 26.4 Å². The molecule has 4 aromatic rings. The van der Waals surface area contributed by atoms with Crippen molar-refractivity contribution < 1.29 is 91.5 Å². The molecule has 0 saturated carbocycles. The molecule has 0 saturated heterocycles. The molecule has 0 aliphatic rings. The number of ether oxygens (including phenoxy) is 6. The van der Waals surface area contributed by atoms with Crippen LogP contribution < -0.4 is 18.9 Å². The van der Waals surface area contributed by atoms with Crippen LogP contribution in [0.2, 0.25) is 0 Å². The van der Waals surface area contributed by atoms with E-state index >= 15 is 17.6 Å². The van der Waals surface area contributed by atoms with Crippen LogP contribution in [-0.4, -0.2) is 62.7 Å². The van der Waals surface area contributed by atoms with Crippen molar-refractivity contribution in [3.05, 3.63) is 144 Å². The molecule has 10 nitrogen and oxygen atoms in total. The van der Waals surface area contributed by atoms with Crippen LogP contribution in [0.3, 0.4) is 0 Å². The van der Waals surface area contributed by atoms with Gasteiger partial charge in [0.25, 0.3) is 0 Å². The van der Waals surface area contributed by atoms with Crippen molar-refractivity contribution in [3.63, 3.8) is 0 Å². The van der Waals surface area contributed by atoms with Gasteiger partial charge in [0, 0.05) is 12.2 Å². The minimum absolute atomic E-state index is 0.225. The zero-order chi connectivity index (χ0) is 49.4. The molecule has 0 heterocycles. The van der Waals surface area contributed by atoms with E-state index in [9.17, 15) is 45.5 Å². The molecule has 0 aromatic heterocycles. The summed E-state index contributed by atoms with van der Waals surface area (Å²) in [4.78, 5) is 47.6. The summed E-state index contributed by atoms with van der Waals surface area (Å²) in [6, 6.07) is 7.76. The van der Waals surface area contributed by atoms with E-state index in [0.29, 0.717) is 25.7 Å². The maximum absolute atomic E-state index is 15.4. The molecule has 67 heavy (non-hydrogen) atoms. The monoisotopic (exact) mass is 956 g/mol. The molecule has 0 unspecified atom stereocenters. The van der Waals surface area contributed by atoms with Crippen LogP contribution in [0.15, 0.2) is 98.1 Å². The first-order chi connectivity index (χ1) is 31.7. The van der Waals surface area contributed by atoms with Gasteiger partial charge in [-0.1, -0.05) is 13.2 Å². The Morgan fingerprint density at radius 1 is 0.463 bits per heavy atom. The lowest BCUT2D eigenvalue weighted by Gasteiger charge is -2.38. The zero-order valence-corrected chi connectivity index (χ0v) is 35.3. The molecular formula is C47H42F10O10. The highest BCUT2D eigenvalue weighted by Gasteiger charge is 2.73. The molecule has 0 aliphatic carbocycles. The average Bonchev–Trinajstić information content (AvgIpc) is 3.27. The number of halogens is 10. The highest BCUT2D eigenvalue weighted by atomic mass is 19.4. The van der Waals surface area contributed by atoms with Gasteiger partial charge in [-0.3, -0.25) is 0 Å². The molecule has 0 radical (unpaired) electrons. The van der Waals surface area contributed by atoms with Crippen molar-refractivity contribution in [3.8, 4) is 23.0 Å². The Morgan fingerprint density at radius 3 is 1.04 bits per heavy atom. The molecule has 0 spiro atoms. The van der Waals surface area contributed by atoms with Crippen LogP contribution >= 0.6 is 0 Å². The van der Waals surface area contributed by atoms with Gasteiger partial charge in [0.2, 0.25) is 16.9 Å².